The van der Waals surface area contributed by atoms with Crippen molar-refractivity contribution < 1.29 is 14.3 Å². The number of nitrogens with zero attached hydrogens (tertiary/aromatic N) is 1. The van der Waals surface area contributed by atoms with Crippen LogP contribution in [0, 0.1) is 0 Å². The summed E-state index contributed by atoms with van der Waals surface area (Å²) in [5.41, 5.74) is 0. The Hall–Kier alpha value is -0.810. The normalized spacial score (nSPS) is 20.8. The highest BCUT2D eigenvalue weighted by Gasteiger charge is 2.29. The molecule has 0 spiro atoms. The van der Waals surface area contributed by atoms with Gasteiger partial charge in [-0.1, -0.05) is 0 Å². The third kappa shape index (κ3) is 3.68. The van der Waals surface area contributed by atoms with Crippen molar-refractivity contribution in [3.05, 3.63) is 0 Å². The highest BCUT2D eigenvalue weighted by atomic mass is 35.5. The number of likely N-dealkylation sites (N-methyl/N-ethyl adjacent to an activating group) is 1. The van der Waals surface area contributed by atoms with E-state index in [2.05, 4.69) is 10.1 Å². The molecule has 0 bridgehead atoms. The van der Waals surface area contributed by atoms with Gasteiger partial charge in [-0.2, -0.15) is 0 Å². The molecule has 0 aromatic rings. The number of ether oxygens (including phenoxy) is 1. The van der Waals surface area contributed by atoms with Crippen molar-refractivity contribution in [2.75, 3.05) is 26.7 Å². The lowest BCUT2D eigenvalue weighted by molar-refractivity contribution is -0.146. The van der Waals surface area contributed by atoms with Gasteiger partial charge in [0.25, 0.3) is 0 Å². The first-order valence-corrected chi connectivity index (χ1v) is 4.78. The van der Waals surface area contributed by atoms with Crippen LogP contribution in [-0.4, -0.2) is 49.6 Å². The van der Waals surface area contributed by atoms with E-state index in [0.717, 1.165) is 6.54 Å². The first kappa shape index (κ1) is 14.2. The predicted molar refractivity (Wildman–Crippen MR) is 57.9 cm³/mol. The molecule has 1 amide bonds. The van der Waals surface area contributed by atoms with Crippen LogP contribution in [0.15, 0.2) is 0 Å². The van der Waals surface area contributed by atoms with E-state index in [4.69, 9.17) is 0 Å². The molecule has 0 saturated carbocycles. The van der Waals surface area contributed by atoms with Gasteiger partial charge >= 0.3 is 5.97 Å². The zero-order valence-corrected chi connectivity index (χ0v) is 9.80. The number of esters is 1. The Kier molecular flexibility index (Phi) is 6.27. The van der Waals surface area contributed by atoms with E-state index >= 15 is 0 Å². The van der Waals surface area contributed by atoms with E-state index in [0.29, 0.717) is 13.1 Å². The molecule has 1 rings (SSSR count). The molecule has 0 radical (unpaired) electrons. The summed E-state index contributed by atoms with van der Waals surface area (Å²) in [6.45, 7) is 4.07. The average Bonchev–Trinajstić information content (AvgIpc) is 2.21. The maximum atomic E-state index is 11.7. The summed E-state index contributed by atoms with van der Waals surface area (Å²) in [6, 6.07) is -0.406. The molecule has 0 aliphatic carbocycles. The predicted octanol–water partition coefficient (Wildman–Crippen LogP) is -0.208. The van der Waals surface area contributed by atoms with Crippen LogP contribution in [-0.2, 0) is 14.3 Å². The lowest BCUT2D eigenvalue weighted by Gasteiger charge is -2.31. The molecule has 1 fully saturated rings. The monoisotopic (exact) mass is 236 g/mol. The first-order valence-electron chi connectivity index (χ1n) is 4.78. The topological polar surface area (TPSA) is 58.6 Å². The Morgan fingerprint density at radius 2 is 2.33 bits per heavy atom. The minimum absolute atomic E-state index is 0. The molecule has 0 aromatic carbocycles. The van der Waals surface area contributed by atoms with Crippen molar-refractivity contribution in [2.24, 2.45) is 0 Å². The number of halogens is 1. The molecular weight excluding hydrogens is 220 g/mol. The zero-order valence-electron chi connectivity index (χ0n) is 8.99. The number of hydrogen-bond donors (Lipinski definition) is 1. The van der Waals surface area contributed by atoms with Crippen LogP contribution >= 0.6 is 12.4 Å². The van der Waals surface area contributed by atoms with E-state index in [1.165, 1.54) is 7.11 Å². The van der Waals surface area contributed by atoms with Crippen LogP contribution < -0.4 is 5.32 Å². The van der Waals surface area contributed by atoms with Crippen molar-refractivity contribution in [3.8, 4) is 0 Å². The number of carbonyl (C=O) groups is 2. The quantitative estimate of drug-likeness (QED) is 0.689. The van der Waals surface area contributed by atoms with Crippen molar-refractivity contribution in [1.29, 1.82) is 0 Å². The van der Waals surface area contributed by atoms with Gasteiger partial charge in [-0.3, -0.25) is 9.59 Å². The van der Waals surface area contributed by atoms with Crippen LogP contribution in [0.5, 0.6) is 0 Å². The largest absolute Gasteiger partial charge is 0.469 e. The SMILES string of the molecule is CCN1CCNC(CC(=O)OC)C1=O.Cl. The van der Waals surface area contributed by atoms with E-state index in [-0.39, 0.29) is 30.7 Å². The van der Waals surface area contributed by atoms with Crippen LogP contribution in [0.2, 0.25) is 0 Å². The van der Waals surface area contributed by atoms with E-state index < -0.39 is 6.04 Å². The summed E-state index contributed by atoms with van der Waals surface area (Å²) in [6.07, 6.45) is 0.117. The minimum atomic E-state index is -0.406. The highest BCUT2D eigenvalue weighted by molar-refractivity contribution is 5.87. The fraction of sp³-hybridized carbons (Fsp3) is 0.778. The van der Waals surface area contributed by atoms with Gasteiger partial charge in [0, 0.05) is 19.6 Å². The highest BCUT2D eigenvalue weighted by Crippen LogP contribution is 2.05. The molecule has 1 heterocycles. The first-order chi connectivity index (χ1) is 6.69. The number of nitrogens with one attached hydrogen (secondary N) is 1. The van der Waals surface area contributed by atoms with Crippen LogP contribution in [0.1, 0.15) is 13.3 Å². The summed E-state index contributed by atoms with van der Waals surface area (Å²) >= 11 is 0. The van der Waals surface area contributed by atoms with Gasteiger partial charge in [0.2, 0.25) is 5.91 Å². The van der Waals surface area contributed by atoms with Crippen molar-refractivity contribution in [2.45, 2.75) is 19.4 Å². The summed E-state index contributed by atoms with van der Waals surface area (Å²) in [5.74, 6) is -0.363. The van der Waals surface area contributed by atoms with Crippen molar-refractivity contribution >= 4 is 24.3 Å². The van der Waals surface area contributed by atoms with Gasteiger partial charge in [0.15, 0.2) is 0 Å². The second-order valence-corrected chi connectivity index (χ2v) is 3.20. The standard InChI is InChI=1S/C9H16N2O3.ClH/c1-3-11-5-4-10-7(9(11)13)6-8(12)14-2;/h7,10H,3-6H2,1-2H3;1H. The molecule has 15 heavy (non-hydrogen) atoms. The number of piperazine rings is 1. The molecule has 1 aliphatic rings. The molecule has 1 atom stereocenters. The minimum Gasteiger partial charge on any atom is -0.469 e. The summed E-state index contributed by atoms with van der Waals surface area (Å²) in [5, 5.41) is 3.01. The van der Waals surface area contributed by atoms with Gasteiger partial charge in [-0.25, -0.2) is 0 Å². The van der Waals surface area contributed by atoms with Gasteiger partial charge < -0.3 is 15.0 Å². The molecule has 88 valence electrons. The Bertz CT molecular complexity index is 235. The molecule has 0 aromatic heterocycles. The third-order valence-corrected chi connectivity index (χ3v) is 2.36. The lowest BCUT2D eigenvalue weighted by Crippen LogP contribution is -2.55. The number of rotatable bonds is 3. The maximum Gasteiger partial charge on any atom is 0.307 e. The van der Waals surface area contributed by atoms with Gasteiger partial charge in [0.1, 0.15) is 0 Å². The molecule has 1 aliphatic heterocycles. The molecule has 5 nitrogen and oxygen atoms in total. The molecule has 1 saturated heterocycles. The van der Waals surface area contributed by atoms with Crippen molar-refractivity contribution in [3.63, 3.8) is 0 Å². The van der Waals surface area contributed by atoms with Gasteiger partial charge in [0.05, 0.1) is 19.6 Å². The number of methoxy groups -OCH3 is 1. The second-order valence-electron chi connectivity index (χ2n) is 3.20. The van der Waals surface area contributed by atoms with E-state index in [1.54, 1.807) is 4.90 Å². The Morgan fingerprint density at radius 3 is 2.87 bits per heavy atom. The molecule has 6 heteroatoms. The zero-order chi connectivity index (χ0) is 10.6. The second kappa shape index (κ2) is 6.63. The van der Waals surface area contributed by atoms with E-state index in [9.17, 15) is 9.59 Å². The summed E-state index contributed by atoms with van der Waals surface area (Å²) in [4.78, 5) is 24.4. The fourth-order valence-corrected chi connectivity index (χ4v) is 1.52. The van der Waals surface area contributed by atoms with Crippen molar-refractivity contribution in [1.82, 2.24) is 10.2 Å². The Labute approximate surface area is 95.6 Å². The van der Waals surface area contributed by atoms with Gasteiger partial charge in [-0.05, 0) is 6.92 Å². The maximum absolute atomic E-state index is 11.7. The summed E-state index contributed by atoms with van der Waals surface area (Å²) in [7, 11) is 1.33. The molecule has 1 unspecified atom stereocenters. The molecule has 1 N–H and O–H groups in total. The lowest BCUT2D eigenvalue weighted by atomic mass is 10.1. The number of hydrogen-bond acceptors (Lipinski definition) is 4. The Balaban J connectivity index is 0.00000196. The fourth-order valence-electron chi connectivity index (χ4n) is 1.52. The van der Waals surface area contributed by atoms with Crippen LogP contribution in [0.3, 0.4) is 0 Å². The van der Waals surface area contributed by atoms with Crippen LogP contribution in [0.25, 0.3) is 0 Å². The smallest absolute Gasteiger partial charge is 0.307 e. The van der Waals surface area contributed by atoms with E-state index in [1.807, 2.05) is 6.92 Å². The molecular formula is C9H17ClN2O3. The third-order valence-electron chi connectivity index (χ3n) is 2.36. The number of carbonyl (C=O) groups excluding carboxylic acids is 2. The average molecular weight is 237 g/mol. The Morgan fingerprint density at radius 1 is 1.67 bits per heavy atom. The van der Waals surface area contributed by atoms with Crippen LogP contribution in [0.4, 0.5) is 0 Å². The number of amides is 1. The van der Waals surface area contributed by atoms with Gasteiger partial charge in [-0.15, -0.1) is 12.4 Å². The summed E-state index contributed by atoms with van der Waals surface area (Å²) < 4.78 is 4.52.